The second kappa shape index (κ2) is 8.38. The fourth-order valence-corrected chi connectivity index (χ4v) is 6.38. The van der Waals surface area contributed by atoms with E-state index in [4.69, 9.17) is 9.05 Å². The molecule has 0 aromatic carbocycles. The highest BCUT2D eigenvalue weighted by Crippen LogP contribution is 2.51. The first kappa shape index (κ1) is 21.1. The van der Waals surface area contributed by atoms with E-state index in [1.807, 2.05) is 17.5 Å². The van der Waals surface area contributed by atoms with Crippen LogP contribution in [-0.2, 0) is 34.4 Å². The predicted molar refractivity (Wildman–Crippen MR) is 104 cm³/mol. The van der Waals surface area contributed by atoms with E-state index in [0.29, 0.717) is 5.57 Å². The molecule has 12 heteroatoms. The summed E-state index contributed by atoms with van der Waals surface area (Å²) in [6.45, 7) is 0. The number of rotatable bonds is 8. The lowest BCUT2D eigenvalue weighted by Crippen LogP contribution is -2.70. The molecular weight excluding hydrogens is 427 g/mol. The van der Waals surface area contributed by atoms with Crippen molar-refractivity contribution < 1.29 is 33.1 Å². The fraction of sp³-hybridized carbons (Fsp3) is 0.438. The fourth-order valence-electron chi connectivity index (χ4n) is 3.04. The highest BCUT2D eigenvalue weighted by molar-refractivity contribution is 8.00. The first-order chi connectivity index (χ1) is 13.3. The third kappa shape index (κ3) is 4.04. The Morgan fingerprint density at radius 3 is 2.68 bits per heavy atom. The van der Waals surface area contributed by atoms with E-state index < -0.39 is 30.9 Å². The lowest BCUT2D eigenvalue weighted by atomic mass is 10.0. The summed E-state index contributed by atoms with van der Waals surface area (Å²) < 4.78 is 22.2. The summed E-state index contributed by atoms with van der Waals surface area (Å²) in [5.74, 6) is -1.85. The van der Waals surface area contributed by atoms with Gasteiger partial charge < -0.3 is 19.5 Å². The number of amides is 2. The molecule has 152 valence electrons. The summed E-state index contributed by atoms with van der Waals surface area (Å²) in [5, 5.41) is 13.6. The maximum absolute atomic E-state index is 12.6. The Morgan fingerprint density at radius 2 is 2.11 bits per heavy atom. The molecule has 0 unspecified atom stereocenters. The highest BCUT2D eigenvalue weighted by atomic mass is 32.2. The van der Waals surface area contributed by atoms with Crippen LogP contribution in [0, 0.1) is 0 Å². The van der Waals surface area contributed by atoms with E-state index >= 15 is 0 Å². The van der Waals surface area contributed by atoms with Gasteiger partial charge in [0, 0.05) is 24.8 Å². The number of carbonyl (C=O) groups is 3. The van der Waals surface area contributed by atoms with Crippen LogP contribution in [0.15, 0.2) is 28.8 Å². The van der Waals surface area contributed by atoms with Gasteiger partial charge in [-0.3, -0.25) is 19.1 Å². The van der Waals surface area contributed by atoms with Gasteiger partial charge in [-0.25, -0.2) is 4.79 Å². The van der Waals surface area contributed by atoms with Crippen molar-refractivity contribution >= 4 is 48.5 Å². The van der Waals surface area contributed by atoms with Crippen LogP contribution in [0.25, 0.3) is 0 Å². The number of hydrogen-bond donors (Lipinski definition) is 2. The topological polar surface area (TPSA) is 122 Å². The number of thioether (sulfide) groups is 1. The number of carboxylic acids is 1. The van der Waals surface area contributed by atoms with Crippen molar-refractivity contribution in [3.8, 4) is 0 Å². The van der Waals surface area contributed by atoms with E-state index in [0.717, 1.165) is 9.78 Å². The number of carbonyl (C=O) groups excluding carboxylic acids is 2. The molecule has 1 fully saturated rings. The zero-order valence-corrected chi connectivity index (χ0v) is 17.6. The SMILES string of the molecule is COP(=O)(CC1=C(C(=O)O)N2C(=O)[C@@H](NC(=O)Cc3cccs3)[C@@H]2SC1)OC. The van der Waals surface area contributed by atoms with Crippen LogP contribution in [0.1, 0.15) is 4.88 Å². The lowest BCUT2D eigenvalue weighted by molar-refractivity contribution is -0.150. The second-order valence-electron chi connectivity index (χ2n) is 6.10. The molecule has 0 aliphatic carbocycles. The molecular formula is C16H19N2O7PS2. The molecule has 9 nitrogen and oxygen atoms in total. The molecule has 2 amide bonds. The molecule has 0 bridgehead atoms. The summed E-state index contributed by atoms with van der Waals surface area (Å²) in [6, 6.07) is 2.88. The third-order valence-electron chi connectivity index (χ3n) is 4.42. The summed E-state index contributed by atoms with van der Waals surface area (Å²) in [6.07, 6.45) is -0.0584. The van der Waals surface area contributed by atoms with Crippen molar-refractivity contribution in [2.45, 2.75) is 17.8 Å². The standard InChI is InChI=1S/C16H19N2O7PS2/c1-24-26(23,25-2)7-9-8-28-15-12(14(20)18(15)13(9)16(21)22)17-11(19)6-10-4-3-5-27-10/h3-5,12,15H,6-8H2,1-2H3,(H,17,19)(H,21,22)/t12-,15+/m1/s1. The van der Waals surface area contributed by atoms with Gasteiger partial charge in [-0.2, -0.15) is 0 Å². The first-order valence-corrected chi connectivity index (χ1v) is 11.9. The maximum atomic E-state index is 12.6. The monoisotopic (exact) mass is 446 g/mol. The van der Waals surface area contributed by atoms with E-state index in [9.17, 15) is 24.1 Å². The molecule has 2 aliphatic heterocycles. The molecule has 1 aromatic rings. The van der Waals surface area contributed by atoms with Crippen LogP contribution < -0.4 is 5.32 Å². The number of fused-ring (bicyclic) bond motifs is 1. The minimum absolute atomic E-state index is 0.163. The van der Waals surface area contributed by atoms with Crippen molar-refractivity contribution in [3.05, 3.63) is 33.7 Å². The average molecular weight is 446 g/mol. The molecule has 3 heterocycles. The van der Waals surface area contributed by atoms with Gasteiger partial charge in [-0.05, 0) is 17.0 Å². The lowest BCUT2D eigenvalue weighted by Gasteiger charge is -2.49. The largest absolute Gasteiger partial charge is 0.477 e. The molecule has 28 heavy (non-hydrogen) atoms. The van der Waals surface area contributed by atoms with Crippen LogP contribution >= 0.6 is 30.7 Å². The van der Waals surface area contributed by atoms with Gasteiger partial charge in [0.1, 0.15) is 17.1 Å². The molecule has 1 aromatic heterocycles. The minimum Gasteiger partial charge on any atom is -0.477 e. The predicted octanol–water partition coefficient (Wildman–Crippen LogP) is 1.52. The first-order valence-electron chi connectivity index (χ1n) is 8.22. The molecule has 2 N–H and O–H groups in total. The molecule has 2 atom stereocenters. The van der Waals surface area contributed by atoms with Crippen molar-refractivity contribution in [3.63, 3.8) is 0 Å². The van der Waals surface area contributed by atoms with Crippen LogP contribution in [0.5, 0.6) is 0 Å². The molecule has 1 saturated heterocycles. The number of thiophene rings is 1. The number of carboxylic acid groups (broad SMARTS) is 1. The minimum atomic E-state index is -3.48. The summed E-state index contributed by atoms with van der Waals surface area (Å²) >= 11 is 2.75. The molecule has 0 saturated carbocycles. The zero-order chi connectivity index (χ0) is 20.5. The van der Waals surface area contributed by atoms with Crippen molar-refractivity contribution in [2.75, 3.05) is 26.1 Å². The number of nitrogens with one attached hydrogen (secondary N) is 1. The van der Waals surface area contributed by atoms with E-state index in [-0.39, 0.29) is 29.9 Å². The second-order valence-corrected chi connectivity index (χ2v) is 10.5. The van der Waals surface area contributed by atoms with Crippen molar-refractivity contribution in [2.24, 2.45) is 0 Å². The molecule has 3 rings (SSSR count). The van der Waals surface area contributed by atoms with E-state index in [1.165, 1.54) is 37.3 Å². The van der Waals surface area contributed by atoms with Crippen LogP contribution in [0.4, 0.5) is 0 Å². The number of β-lactam (4-membered cyclic amide) rings is 1. The van der Waals surface area contributed by atoms with E-state index in [1.54, 1.807) is 0 Å². The zero-order valence-electron chi connectivity index (χ0n) is 15.1. The van der Waals surface area contributed by atoms with Gasteiger partial charge in [0.05, 0.1) is 12.6 Å². The Labute approximate surface area is 169 Å². The van der Waals surface area contributed by atoms with Crippen LogP contribution in [0.3, 0.4) is 0 Å². The number of nitrogens with zero attached hydrogens (tertiary/aromatic N) is 1. The van der Waals surface area contributed by atoms with Crippen molar-refractivity contribution in [1.29, 1.82) is 0 Å². The maximum Gasteiger partial charge on any atom is 0.352 e. The average Bonchev–Trinajstić information content (AvgIpc) is 3.18. The highest BCUT2D eigenvalue weighted by Gasteiger charge is 2.54. The van der Waals surface area contributed by atoms with Crippen LogP contribution in [0.2, 0.25) is 0 Å². The summed E-state index contributed by atoms with van der Waals surface area (Å²) in [5.41, 5.74) is 0.0873. The van der Waals surface area contributed by atoms with Gasteiger partial charge in [-0.1, -0.05) is 6.07 Å². The Balaban J connectivity index is 1.75. The molecule has 0 radical (unpaired) electrons. The molecule has 2 aliphatic rings. The Morgan fingerprint density at radius 1 is 1.39 bits per heavy atom. The number of aliphatic carboxylic acids is 1. The van der Waals surface area contributed by atoms with Gasteiger partial charge in [0.2, 0.25) is 5.91 Å². The third-order valence-corrected chi connectivity index (χ3v) is 8.52. The number of hydrogen-bond acceptors (Lipinski definition) is 8. The normalized spacial score (nSPS) is 21.9. The summed E-state index contributed by atoms with van der Waals surface area (Å²) in [4.78, 5) is 38.6. The Kier molecular flexibility index (Phi) is 6.31. The molecule has 0 spiro atoms. The quantitative estimate of drug-likeness (QED) is 0.455. The van der Waals surface area contributed by atoms with Crippen LogP contribution in [-0.4, -0.2) is 65.3 Å². The summed E-state index contributed by atoms with van der Waals surface area (Å²) in [7, 11) is -1.04. The van der Waals surface area contributed by atoms with Gasteiger partial charge in [-0.15, -0.1) is 23.1 Å². The van der Waals surface area contributed by atoms with E-state index in [2.05, 4.69) is 5.32 Å². The smallest absolute Gasteiger partial charge is 0.352 e. The van der Waals surface area contributed by atoms with Gasteiger partial charge in [0.25, 0.3) is 5.91 Å². The Hall–Kier alpha value is -1.65. The van der Waals surface area contributed by atoms with Gasteiger partial charge in [0.15, 0.2) is 0 Å². The van der Waals surface area contributed by atoms with Gasteiger partial charge >= 0.3 is 13.6 Å². The van der Waals surface area contributed by atoms with Crippen molar-refractivity contribution in [1.82, 2.24) is 10.2 Å². The Bertz CT molecular complexity index is 862.